The van der Waals surface area contributed by atoms with Crippen LogP contribution >= 0.6 is 0 Å². The largest absolute Gasteiger partial charge is 0.350 e. The normalized spacial score (nSPS) is 11.9. The summed E-state index contributed by atoms with van der Waals surface area (Å²) in [6.07, 6.45) is 0.819. The molecule has 17 heavy (non-hydrogen) atoms. The SMILES string of the molecule is CC[C@@H](C)NC(=O)c1cccc([N+](=O)[O-])c1C. The van der Waals surface area contributed by atoms with Crippen LogP contribution in [0.2, 0.25) is 0 Å². The van der Waals surface area contributed by atoms with Crippen molar-refractivity contribution in [2.75, 3.05) is 0 Å². The summed E-state index contributed by atoms with van der Waals surface area (Å²) in [6, 6.07) is 4.58. The number of rotatable bonds is 4. The van der Waals surface area contributed by atoms with E-state index >= 15 is 0 Å². The van der Waals surface area contributed by atoms with Crippen LogP contribution in [-0.2, 0) is 0 Å². The van der Waals surface area contributed by atoms with Crippen LogP contribution in [0.15, 0.2) is 18.2 Å². The van der Waals surface area contributed by atoms with Gasteiger partial charge in [-0.05, 0) is 26.3 Å². The molecule has 0 aliphatic rings. The molecule has 0 aliphatic heterocycles. The third-order valence-corrected chi connectivity index (χ3v) is 2.74. The molecule has 1 amide bonds. The van der Waals surface area contributed by atoms with Gasteiger partial charge in [0.2, 0.25) is 0 Å². The number of hydrogen-bond acceptors (Lipinski definition) is 3. The average molecular weight is 236 g/mol. The molecule has 0 saturated carbocycles. The Balaban J connectivity index is 3.02. The number of amides is 1. The molecule has 92 valence electrons. The number of nitro groups is 1. The molecule has 0 saturated heterocycles. The zero-order chi connectivity index (χ0) is 13.0. The summed E-state index contributed by atoms with van der Waals surface area (Å²) in [6.45, 7) is 5.44. The first kappa shape index (κ1) is 13.2. The van der Waals surface area contributed by atoms with Crippen LogP contribution in [0.4, 0.5) is 5.69 Å². The van der Waals surface area contributed by atoms with Crippen molar-refractivity contribution >= 4 is 11.6 Å². The van der Waals surface area contributed by atoms with Gasteiger partial charge in [-0.2, -0.15) is 0 Å². The number of carbonyl (C=O) groups excluding carboxylic acids is 1. The smallest absolute Gasteiger partial charge is 0.273 e. The molecule has 0 spiro atoms. The molecule has 0 aliphatic carbocycles. The monoisotopic (exact) mass is 236 g/mol. The fourth-order valence-electron chi connectivity index (χ4n) is 1.47. The van der Waals surface area contributed by atoms with Crippen LogP contribution < -0.4 is 5.32 Å². The summed E-state index contributed by atoms with van der Waals surface area (Å²) in [5.74, 6) is -0.263. The first-order valence-corrected chi connectivity index (χ1v) is 5.52. The van der Waals surface area contributed by atoms with E-state index in [4.69, 9.17) is 0 Å². The van der Waals surface area contributed by atoms with Gasteiger partial charge in [0.1, 0.15) is 0 Å². The summed E-state index contributed by atoms with van der Waals surface area (Å²) in [4.78, 5) is 22.1. The fraction of sp³-hybridized carbons (Fsp3) is 0.417. The van der Waals surface area contributed by atoms with Crippen molar-refractivity contribution in [1.82, 2.24) is 5.32 Å². The zero-order valence-electron chi connectivity index (χ0n) is 10.2. The van der Waals surface area contributed by atoms with Crippen molar-refractivity contribution < 1.29 is 9.72 Å². The van der Waals surface area contributed by atoms with Crippen LogP contribution in [0.1, 0.15) is 36.2 Å². The molecule has 0 unspecified atom stereocenters. The van der Waals surface area contributed by atoms with Crippen LogP contribution in [0, 0.1) is 17.0 Å². The lowest BCUT2D eigenvalue weighted by atomic mass is 10.1. The molecule has 0 heterocycles. The van der Waals surface area contributed by atoms with Crippen molar-refractivity contribution in [2.24, 2.45) is 0 Å². The Labute approximate surface area is 100.0 Å². The summed E-state index contributed by atoms with van der Waals surface area (Å²) in [7, 11) is 0. The molecule has 1 aromatic carbocycles. The summed E-state index contributed by atoms with van der Waals surface area (Å²) in [5, 5.41) is 13.5. The summed E-state index contributed by atoms with van der Waals surface area (Å²) >= 11 is 0. The van der Waals surface area contributed by atoms with Crippen molar-refractivity contribution in [3.05, 3.63) is 39.4 Å². The van der Waals surface area contributed by atoms with Crippen LogP contribution in [-0.4, -0.2) is 16.9 Å². The van der Waals surface area contributed by atoms with Crippen molar-refractivity contribution in [2.45, 2.75) is 33.2 Å². The Hall–Kier alpha value is -1.91. The number of nitrogens with zero attached hydrogens (tertiary/aromatic N) is 1. The van der Waals surface area contributed by atoms with E-state index in [9.17, 15) is 14.9 Å². The molecule has 0 bridgehead atoms. The molecule has 1 N–H and O–H groups in total. The second-order valence-electron chi connectivity index (χ2n) is 3.99. The van der Waals surface area contributed by atoms with Gasteiger partial charge in [0.15, 0.2) is 0 Å². The minimum Gasteiger partial charge on any atom is -0.350 e. The topological polar surface area (TPSA) is 72.2 Å². The standard InChI is InChI=1S/C12H16N2O3/c1-4-8(2)13-12(15)10-6-5-7-11(9(10)3)14(16)17/h5-8H,4H2,1-3H3,(H,13,15)/t8-/m1/s1. The lowest BCUT2D eigenvalue weighted by Gasteiger charge is -2.12. The van der Waals surface area contributed by atoms with E-state index in [0.29, 0.717) is 11.1 Å². The maximum atomic E-state index is 11.9. The minimum absolute atomic E-state index is 0.0261. The van der Waals surface area contributed by atoms with Gasteiger partial charge in [-0.15, -0.1) is 0 Å². The van der Waals surface area contributed by atoms with E-state index in [-0.39, 0.29) is 17.6 Å². The van der Waals surface area contributed by atoms with Crippen molar-refractivity contribution in [1.29, 1.82) is 0 Å². The van der Waals surface area contributed by atoms with E-state index < -0.39 is 4.92 Å². The van der Waals surface area contributed by atoms with Crippen molar-refractivity contribution in [3.63, 3.8) is 0 Å². The first-order valence-electron chi connectivity index (χ1n) is 5.52. The number of nitrogens with one attached hydrogen (secondary N) is 1. The molecule has 5 heteroatoms. The second-order valence-corrected chi connectivity index (χ2v) is 3.99. The highest BCUT2D eigenvalue weighted by Crippen LogP contribution is 2.21. The highest BCUT2D eigenvalue weighted by Gasteiger charge is 2.18. The van der Waals surface area contributed by atoms with E-state index in [1.54, 1.807) is 13.0 Å². The third kappa shape index (κ3) is 3.03. The maximum absolute atomic E-state index is 11.9. The molecule has 1 aromatic rings. The molecule has 1 atom stereocenters. The molecule has 0 radical (unpaired) electrons. The summed E-state index contributed by atoms with van der Waals surface area (Å²) in [5.41, 5.74) is 0.736. The highest BCUT2D eigenvalue weighted by atomic mass is 16.6. The van der Waals surface area contributed by atoms with Gasteiger partial charge in [0.25, 0.3) is 11.6 Å². The van der Waals surface area contributed by atoms with Crippen molar-refractivity contribution in [3.8, 4) is 0 Å². The maximum Gasteiger partial charge on any atom is 0.273 e. The van der Waals surface area contributed by atoms with E-state index in [0.717, 1.165) is 6.42 Å². The van der Waals surface area contributed by atoms with Crippen LogP contribution in [0.5, 0.6) is 0 Å². The van der Waals surface area contributed by atoms with E-state index in [2.05, 4.69) is 5.32 Å². The van der Waals surface area contributed by atoms with Gasteiger partial charge in [0, 0.05) is 23.2 Å². The fourth-order valence-corrected chi connectivity index (χ4v) is 1.47. The molecular weight excluding hydrogens is 220 g/mol. The predicted molar refractivity (Wildman–Crippen MR) is 65.1 cm³/mol. The van der Waals surface area contributed by atoms with Crippen LogP contribution in [0.3, 0.4) is 0 Å². The molecule has 0 fully saturated rings. The number of benzene rings is 1. The van der Waals surface area contributed by atoms with Crippen LogP contribution in [0.25, 0.3) is 0 Å². The Morgan fingerprint density at radius 1 is 1.53 bits per heavy atom. The molecule has 0 aromatic heterocycles. The lowest BCUT2D eigenvalue weighted by molar-refractivity contribution is -0.385. The predicted octanol–water partition coefficient (Wildman–Crippen LogP) is 2.43. The van der Waals surface area contributed by atoms with E-state index in [1.807, 2.05) is 13.8 Å². The van der Waals surface area contributed by atoms with Gasteiger partial charge in [-0.3, -0.25) is 14.9 Å². The van der Waals surface area contributed by atoms with E-state index in [1.165, 1.54) is 12.1 Å². The zero-order valence-corrected chi connectivity index (χ0v) is 10.2. The Kier molecular flexibility index (Phi) is 4.20. The Morgan fingerprint density at radius 2 is 2.18 bits per heavy atom. The molecular formula is C12H16N2O3. The number of carbonyl (C=O) groups is 1. The quantitative estimate of drug-likeness (QED) is 0.644. The van der Waals surface area contributed by atoms with Gasteiger partial charge in [0.05, 0.1) is 4.92 Å². The number of nitro benzene ring substituents is 1. The Morgan fingerprint density at radius 3 is 2.71 bits per heavy atom. The first-order chi connectivity index (χ1) is 7.97. The van der Waals surface area contributed by atoms with Gasteiger partial charge in [-0.1, -0.05) is 13.0 Å². The summed E-state index contributed by atoms with van der Waals surface area (Å²) < 4.78 is 0. The lowest BCUT2D eigenvalue weighted by Crippen LogP contribution is -2.32. The highest BCUT2D eigenvalue weighted by molar-refractivity contribution is 5.96. The van der Waals surface area contributed by atoms with Gasteiger partial charge >= 0.3 is 0 Å². The second kappa shape index (κ2) is 5.43. The van der Waals surface area contributed by atoms with Gasteiger partial charge in [-0.25, -0.2) is 0 Å². The van der Waals surface area contributed by atoms with Gasteiger partial charge < -0.3 is 5.32 Å². The Bertz CT molecular complexity index is 443. The number of hydrogen-bond donors (Lipinski definition) is 1. The minimum atomic E-state index is -0.477. The molecule has 1 rings (SSSR count). The average Bonchev–Trinajstić information content (AvgIpc) is 2.28. The third-order valence-electron chi connectivity index (χ3n) is 2.74. The molecule has 5 nitrogen and oxygen atoms in total.